The lowest BCUT2D eigenvalue weighted by molar-refractivity contribution is -0.131. The van der Waals surface area contributed by atoms with Crippen LogP contribution in [0.5, 0.6) is 0 Å². The number of benzene rings is 1. The maximum atomic E-state index is 12.3. The molecule has 1 aliphatic rings. The summed E-state index contributed by atoms with van der Waals surface area (Å²) < 4.78 is 4.86. The molecule has 2 aromatic rings. The molecule has 1 saturated heterocycles. The van der Waals surface area contributed by atoms with E-state index < -0.39 is 0 Å². The highest BCUT2D eigenvalue weighted by molar-refractivity contribution is 5.84. The molecule has 7 heteroatoms. The summed E-state index contributed by atoms with van der Waals surface area (Å²) in [4.78, 5) is 29.2. The fourth-order valence-corrected chi connectivity index (χ4v) is 2.96. The molecular weight excluding hydrogens is 296 g/mol. The van der Waals surface area contributed by atoms with E-state index in [0.29, 0.717) is 18.9 Å². The van der Waals surface area contributed by atoms with E-state index in [1.165, 1.54) is 13.3 Å². The van der Waals surface area contributed by atoms with Crippen LogP contribution in [0.1, 0.15) is 30.1 Å². The van der Waals surface area contributed by atoms with Crippen molar-refractivity contribution < 1.29 is 14.1 Å². The Hall–Kier alpha value is -2.70. The summed E-state index contributed by atoms with van der Waals surface area (Å²) in [6, 6.07) is 10.00. The van der Waals surface area contributed by atoms with E-state index in [9.17, 15) is 9.59 Å². The lowest BCUT2D eigenvalue weighted by Crippen LogP contribution is -2.38. The van der Waals surface area contributed by atoms with E-state index in [4.69, 9.17) is 4.52 Å². The van der Waals surface area contributed by atoms with Gasteiger partial charge in [0, 0.05) is 31.8 Å². The zero-order chi connectivity index (χ0) is 16.2. The van der Waals surface area contributed by atoms with Gasteiger partial charge in [0.2, 0.25) is 18.2 Å². The molecule has 2 atom stereocenters. The Morgan fingerprint density at radius 3 is 2.65 bits per heavy atom. The summed E-state index contributed by atoms with van der Waals surface area (Å²) >= 11 is 0. The third-order valence-electron chi connectivity index (χ3n) is 4.10. The van der Waals surface area contributed by atoms with Crippen LogP contribution in [-0.2, 0) is 9.59 Å². The SMILES string of the molecule is CC(=O)NCC(=O)N1CC(c2ccccc2)C(c2ncon2)C1. The molecule has 2 unspecified atom stereocenters. The molecule has 3 rings (SSSR count). The van der Waals surface area contributed by atoms with Crippen molar-refractivity contribution in [3.63, 3.8) is 0 Å². The van der Waals surface area contributed by atoms with Gasteiger partial charge in [-0.1, -0.05) is 35.5 Å². The number of nitrogens with one attached hydrogen (secondary N) is 1. The summed E-state index contributed by atoms with van der Waals surface area (Å²) in [5.74, 6) is 0.375. The highest BCUT2D eigenvalue weighted by atomic mass is 16.5. The average Bonchev–Trinajstić information content (AvgIpc) is 3.22. The summed E-state index contributed by atoms with van der Waals surface area (Å²) in [5.41, 5.74) is 1.14. The smallest absolute Gasteiger partial charge is 0.242 e. The molecule has 0 radical (unpaired) electrons. The predicted octanol–water partition coefficient (Wildman–Crippen LogP) is 0.915. The number of nitrogens with zero attached hydrogens (tertiary/aromatic N) is 3. The Balaban J connectivity index is 1.79. The third kappa shape index (κ3) is 3.39. The Morgan fingerprint density at radius 1 is 1.26 bits per heavy atom. The topological polar surface area (TPSA) is 88.3 Å². The van der Waals surface area contributed by atoms with Gasteiger partial charge in [-0.2, -0.15) is 4.98 Å². The number of amides is 2. The molecule has 120 valence electrons. The Morgan fingerprint density at radius 2 is 2.00 bits per heavy atom. The molecule has 0 spiro atoms. The number of rotatable bonds is 4. The number of hydrogen-bond acceptors (Lipinski definition) is 5. The van der Waals surface area contributed by atoms with Gasteiger partial charge in [0.15, 0.2) is 5.82 Å². The first-order valence-corrected chi connectivity index (χ1v) is 7.48. The van der Waals surface area contributed by atoms with Gasteiger partial charge in [-0.15, -0.1) is 0 Å². The molecule has 1 aromatic heterocycles. The Kier molecular flexibility index (Phi) is 4.36. The fourth-order valence-electron chi connectivity index (χ4n) is 2.96. The fraction of sp³-hybridized carbons (Fsp3) is 0.375. The predicted molar refractivity (Wildman–Crippen MR) is 81.5 cm³/mol. The molecule has 1 N–H and O–H groups in total. The average molecular weight is 314 g/mol. The minimum absolute atomic E-state index is 0.00973. The van der Waals surface area contributed by atoms with Crippen molar-refractivity contribution in [3.05, 3.63) is 48.1 Å². The standard InChI is InChI=1S/C16H18N4O3/c1-11(21)17-7-15(22)20-8-13(12-5-3-2-4-6-12)14(9-20)16-18-10-23-19-16/h2-6,10,13-14H,7-9H2,1H3,(H,17,21). The minimum Gasteiger partial charge on any atom is -0.347 e. The maximum Gasteiger partial charge on any atom is 0.242 e. The van der Waals surface area contributed by atoms with Crippen molar-refractivity contribution in [1.29, 1.82) is 0 Å². The zero-order valence-corrected chi connectivity index (χ0v) is 12.8. The molecule has 2 amide bonds. The Labute approximate surface area is 133 Å². The number of aromatic nitrogens is 2. The minimum atomic E-state index is -0.216. The molecule has 0 aliphatic carbocycles. The van der Waals surface area contributed by atoms with Crippen LogP contribution in [0, 0.1) is 0 Å². The van der Waals surface area contributed by atoms with Crippen LogP contribution in [0.2, 0.25) is 0 Å². The van der Waals surface area contributed by atoms with Crippen molar-refractivity contribution in [1.82, 2.24) is 20.4 Å². The summed E-state index contributed by atoms with van der Waals surface area (Å²) in [5, 5.41) is 6.49. The van der Waals surface area contributed by atoms with Crippen LogP contribution in [0.3, 0.4) is 0 Å². The van der Waals surface area contributed by atoms with Gasteiger partial charge < -0.3 is 14.7 Å². The van der Waals surface area contributed by atoms with Gasteiger partial charge in [0.05, 0.1) is 6.54 Å². The van der Waals surface area contributed by atoms with Gasteiger partial charge >= 0.3 is 0 Å². The van der Waals surface area contributed by atoms with Crippen molar-refractivity contribution in [2.75, 3.05) is 19.6 Å². The lowest BCUT2D eigenvalue weighted by Gasteiger charge is -2.16. The van der Waals surface area contributed by atoms with E-state index >= 15 is 0 Å². The summed E-state index contributed by atoms with van der Waals surface area (Å²) in [6.07, 6.45) is 1.30. The molecule has 1 aromatic carbocycles. The van der Waals surface area contributed by atoms with E-state index in [1.54, 1.807) is 4.90 Å². The van der Waals surface area contributed by atoms with Gasteiger partial charge in [0.25, 0.3) is 0 Å². The van der Waals surface area contributed by atoms with E-state index in [-0.39, 0.29) is 30.2 Å². The first-order valence-electron chi connectivity index (χ1n) is 7.48. The third-order valence-corrected chi connectivity index (χ3v) is 4.10. The monoisotopic (exact) mass is 314 g/mol. The van der Waals surface area contributed by atoms with Gasteiger partial charge in [-0.3, -0.25) is 9.59 Å². The highest BCUT2D eigenvalue weighted by Crippen LogP contribution is 2.38. The first kappa shape index (κ1) is 15.2. The van der Waals surface area contributed by atoms with Gasteiger partial charge in [-0.05, 0) is 5.56 Å². The number of likely N-dealkylation sites (tertiary alicyclic amines) is 1. The zero-order valence-electron chi connectivity index (χ0n) is 12.8. The van der Waals surface area contributed by atoms with E-state index in [2.05, 4.69) is 15.5 Å². The molecule has 2 heterocycles. The number of carbonyl (C=O) groups is 2. The quantitative estimate of drug-likeness (QED) is 0.906. The molecule has 1 aliphatic heterocycles. The number of hydrogen-bond donors (Lipinski definition) is 1. The van der Waals surface area contributed by atoms with Crippen LogP contribution in [0.25, 0.3) is 0 Å². The molecule has 7 nitrogen and oxygen atoms in total. The Bertz CT molecular complexity index is 672. The van der Waals surface area contributed by atoms with Crippen molar-refractivity contribution in [3.8, 4) is 0 Å². The van der Waals surface area contributed by atoms with Crippen molar-refractivity contribution >= 4 is 11.8 Å². The first-order chi connectivity index (χ1) is 11.1. The second-order valence-electron chi connectivity index (χ2n) is 5.62. The van der Waals surface area contributed by atoms with Gasteiger partial charge in [-0.25, -0.2) is 0 Å². The van der Waals surface area contributed by atoms with Crippen LogP contribution in [-0.4, -0.2) is 46.5 Å². The van der Waals surface area contributed by atoms with Crippen LogP contribution < -0.4 is 5.32 Å². The van der Waals surface area contributed by atoms with Crippen molar-refractivity contribution in [2.24, 2.45) is 0 Å². The molecule has 0 bridgehead atoms. The van der Waals surface area contributed by atoms with E-state index in [0.717, 1.165) is 5.56 Å². The summed E-state index contributed by atoms with van der Waals surface area (Å²) in [6.45, 7) is 2.49. The summed E-state index contributed by atoms with van der Waals surface area (Å²) in [7, 11) is 0. The lowest BCUT2D eigenvalue weighted by atomic mass is 9.88. The maximum absolute atomic E-state index is 12.3. The van der Waals surface area contributed by atoms with E-state index in [1.807, 2.05) is 30.3 Å². The van der Waals surface area contributed by atoms with Crippen LogP contribution in [0.4, 0.5) is 0 Å². The number of carbonyl (C=O) groups excluding carboxylic acids is 2. The molecular formula is C16H18N4O3. The van der Waals surface area contributed by atoms with Gasteiger partial charge in [0.1, 0.15) is 0 Å². The normalized spacial score (nSPS) is 20.5. The highest BCUT2D eigenvalue weighted by Gasteiger charge is 2.39. The second-order valence-corrected chi connectivity index (χ2v) is 5.62. The second kappa shape index (κ2) is 6.60. The largest absolute Gasteiger partial charge is 0.347 e. The molecule has 23 heavy (non-hydrogen) atoms. The molecule has 0 saturated carbocycles. The van der Waals surface area contributed by atoms with Crippen LogP contribution >= 0.6 is 0 Å². The molecule has 1 fully saturated rings. The van der Waals surface area contributed by atoms with Crippen LogP contribution in [0.15, 0.2) is 41.2 Å². The van der Waals surface area contributed by atoms with Crippen molar-refractivity contribution in [2.45, 2.75) is 18.8 Å².